The highest BCUT2D eigenvalue weighted by Crippen LogP contribution is 2.28. The van der Waals surface area contributed by atoms with E-state index in [4.69, 9.17) is 22.1 Å². The van der Waals surface area contributed by atoms with Crippen LogP contribution in [0.3, 0.4) is 0 Å². The van der Waals surface area contributed by atoms with Crippen LogP contribution >= 0.6 is 11.6 Å². The van der Waals surface area contributed by atoms with E-state index in [0.717, 1.165) is 11.3 Å². The molecule has 0 saturated heterocycles. The minimum Gasteiger partial charge on any atom is -0.494 e. The molecular formula is C25H20ClN5O2. The van der Waals surface area contributed by atoms with E-state index in [1.807, 2.05) is 36.4 Å². The van der Waals surface area contributed by atoms with Gasteiger partial charge in [-0.2, -0.15) is 5.10 Å². The first-order valence-electron chi connectivity index (χ1n) is 10.0. The molecule has 8 heteroatoms. The molecule has 0 radical (unpaired) electrons. The van der Waals surface area contributed by atoms with Gasteiger partial charge in [-0.05, 0) is 54.7 Å². The van der Waals surface area contributed by atoms with Crippen LogP contribution in [-0.2, 0) is 0 Å². The Bertz CT molecular complexity index is 1400. The van der Waals surface area contributed by atoms with Gasteiger partial charge in [-0.15, -0.1) is 0 Å². The normalized spacial score (nSPS) is 11.6. The number of nitrogens with two attached hydrogens (primary N) is 1. The topological polar surface area (TPSA) is 95.4 Å². The van der Waals surface area contributed by atoms with E-state index in [-0.39, 0.29) is 11.1 Å². The molecule has 0 saturated carbocycles. The van der Waals surface area contributed by atoms with Crippen molar-refractivity contribution in [3.05, 3.63) is 112 Å². The number of hydrogen-bond acceptors (Lipinski definition) is 6. The first-order chi connectivity index (χ1) is 16.1. The largest absolute Gasteiger partial charge is 0.494 e. The summed E-state index contributed by atoms with van der Waals surface area (Å²) in [5, 5.41) is 5.06. The smallest absolute Gasteiger partial charge is 0.209 e. The molecule has 0 amide bonds. The summed E-state index contributed by atoms with van der Waals surface area (Å²) in [5.41, 5.74) is 8.70. The lowest BCUT2D eigenvalue weighted by Crippen LogP contribution is -2.20. The molecule has 0 fully saturated rings. The van der Waals surface area contributed by atoms with Crippen LogP contribution in [0, 0.1) is 0 Å². The van der Waals surface area contributed by atoms with E-state index >= 15 is 0 Å². The molecule has 0 aliphatic rings. The van der Waals surface area contributed by atoms with Gasteiger partial charge < -0.3 is 10.5 Å². The van der Waals surface area contributed by atoms with Gasteiger partial charge in [-0.1, -0.05) is 29.8 Å². The third-order valence-corrected chi connectivity index (χ3v) is 4.99. The standard InChI is InChI=1S/C25H20ClN5O2/c1-33-24-15-17(20-7-2-3-13-28-20)8-9-22(24)31-14-11-23(32)25(30-31)21(10-12-27)29-19-6-4-5-18(26)16-19/h2-16H,27H2,1H3. The Morgan fingerprint density at radius 3 is 2.73 bits per heavy atom. The number of ether oxygens (including phenoxy) is 1. The molecule has 164 valence electrons. The first kappa shape index (κ1) is 22.0. The lowest BCUT2D eigenvalue weighted by atomic mass is 10.1. The van der Waals surface area contributed by atoms with Gasteiger partial charge in [-0.3, -0.25) is 9.78 Å². The van der Waals surface area contributed by atoms with Crippen molar-refractivity contribution in [2.45, 2.75) is 0 Å². The van der Waals surface area contributed by atoms with Crippen LogP contribution in [0.15, 0.2) is 101 Å². The minimum absolute atomic E-state index is 0.134. The van der Waals surface area contributed by atoms with Crippen LogP contribution in [-0.4, -0.2) is 27.6 Å². The molecule has 4 rings (SSSR count). The number of allylic oxidation sites excluding steroid dienone is 1. The van der Waals surface area contributed by atoms with Crippen LogP contribution in [0.25, 0.3) is 16.9 Å². The quantitative estimate of drug-likeness (QED) is 0.428. The number of benzene rings is 2. The molecule has 0 unspecified atom stereocenters. The van der Waals surface area contributed by atoms with Crippen LogP contribution in [0.5, 0.6) is 5.75 Å². The van der Waals surface area contributed by atoms with Crippen molar-refractivity contribution in [1.29, 1.82) is 0 Å². The molecule has 2 heterocycles. The highest BCUT2D eigenvalue weighted by Gasteiger charge is 2.13. The molecule has 0 spiro atoms. The van der Waals surface area contributed by atoms with E-state index < -0.39 is 0 Å². The predicted molar refractivity (Wildman–Crippen MR) is 131 cm³/mol. The second-order valence-corrected chi connectivity index (χ2v) is 7.35. The summed E-state index contributed by atoms with van der Waals surface area (Å²) in [6.45, 7) is 0. The van der Waals surface area contributed by atoms with Gasteiger partial charge in [-0.25, -0.2) is 9.67 Å². The first-order valence-corrected chi connectivity index (χ1v) is 10.4. The van der Waals surface area contributed by atoms with Crippen LogP contribution in [0.1, 0.15) is 5.69 Å². The van der Waals surface area contributed by atoms with Crippen molar-refractivity contribution in [3.8, 4) is 22.7 Å². The molecule has 0 aliphatic heterocycles. The van der Waals surface area contributed by atoms with Crippen LogP contribution in [0.2, 0.25) is 5.02 Å². The number of rotatable bonds is 6. The highest BCUT2D eigenvalue weighted by molar-refractivity contribution is 6.30. The number of halogens is 1. The summed E-state index contributed by atoms with van der Waals surface area (Å²) in [6, 6.07) is 19.7. The third kappa shape index (κ3) is 4.99. The zero-order chi connectivity index (χ0) is 23.2. The monoisotopic (exact) mass is 457 g/mol. The van der Waals surface area contributed by atoms with E-state index in [1.165, 1.54) is 18.3 Å². The molecule has 4 aromatic rings. The lowest BCUT2D eigenvalue weighted by Gasteiger charge is -2.13. The molecule has 2 aromatic carbocycles. The Kier molecular flexibility index (Phi) is 6.61. The van der Waals surface area contributed by atoms with Crippen molar-refractivity contribution in [3.63, 3.8) is 0 Å². The van der Waals surface area contributed by atoms with Crippen LogP contribution in [0.4, 0.5) is 5.69 Å². The zero-order valence-electron chi connectivity index (χ0n) is 17.7. The van der Waals surface area contributed by atoms with Crippen molar-refractivity contribution < 1.29 is 4.74 Å². The molecule has 2 N–H and O–H groups in total. The van der Waals surface area contributed by atoms with Gasteiger partial charge in [0.05, 0.1) is 24.2 Å². The summed E-state index contributed by atoms with van der Waals surface area (Å²) in [4.78, 5) is 21.6. The molecule has 33 heavy (non-hydrogen) atoms. The third-order valence-electron chi connectivity index (χ3n) is 4.75. The SMILES string of the molecule is COc1cc(-c2ccccn2)ccc1-n1ccc(=O)c(C(C=CN)=Nc2cccc(Cl)c2)n1. The van der Waals surface area contributed by atoms with Crippen molar-refractivity contribution in [2.75, 3.05) is 7.11 Å². The Morgan fingerprint density at radius 2 is 2.00 bits per heavy atom. The van der Waals surface area contributed by atoms with Gasteiger partial charge >= 0.3 is 0 Å². The Morgan fingerprint density at radius 1 is 1.12 bits per heavy atom. The maximum atomic E-state index is 12.7. The van der Waals surface area contributed by atoms with E-state index in [9.17, 15) is 4.79 Å². The number of pyridine rings is 1. The molecule has 0 aliphatic carbocycles. The second-order valence-electron chi connectivity index (χ2n) is 6.91. The Balaban J connectivity index is 1.80. The summed E-state index contributed by atoms with van der Waals surface area (Å²) in [5.74, 6) is 0.572. The van der Waals surface area contributed by atoms with Gasteiger partial charge in [0, 0.05) is 29.0 Å². The van der Waals surface area contributed by atoms with Gasteiger partial charge in [0.2, 0.25) is 5.43 Å². The second kappa shape index (κ2) is 9.93. The number of hydrogen-bond donors (Lipinski definition) is 1. The minimum atomic E-state index is -0.297. The summed E-state index contributed by atoms with van der Waals surface area (Å²) in [6.07, 6.45) is 6.14. The molecule has 0 bridgehead atoms. The predicted octanol–water partition coefficient (Wildman–Crippen LogP) is 4.55. The Labute approximate surface area is 195 Å². The highest BCUT2D eigenvalue weighted by atomic mass is 35.5. The fraction of sp³-hybridized carbons (Fsp3) is 0.0400. The molecule has 0 atom stereocenters. The van der Waals surface area contributed by atoms with Crippen molar-refractivity contribution >= 4 is 23.0 Å². The fourth-order valence-corrected chi connectivity index (χ4v) is 3.41. The van der Waals surface area contributed by atoms with E-state index in [1.54, 1.807) is 48.5 Å². The van der Waals surface area contributed by atoms with Crippen molar-refractivity contribution in [2.24, 2.45) is 10.7 Å². The van der Waals surface area contributed by atoms with Crippen LogP contribution < -0.4 is 15.9 Å². The average Bonchev–Trinajstić information content (AvgIpc) is 2.84. The fourth-order valence-electron chi connectivity index (χ4n) is 3.22. The number of nitrogens with zero attached hydrogens (tertiary/aromatic N) is 4. The molecule has 7 nitrogen and oxygen atoms in total. The zero-order valence-corrected chi connectivity index (χ0v) is 18.5. The maximum absolute atomic E-state index is 12.7. The van der Waals surface area contributed by atoms with E-state index in [0.29, 0.717) is 27.9 Å². The molecular weight excluding hydrogens is 438 g/mol. The van der Waals surface area contributed by atoms with Gasteiger partial charge in [0.1, 0.15) is 11.4 Å². The van der Waals surface area contributed by atoms with Gasteiger partial charge in [0.25, 0.3) is 0 Å². The maximum Gasteiger partial charge on any atom is 0.209 e. The lowest BCUT2D eigenvalue weighted by molar-refractivity contribution is 0.411. The number of aromatic nitrogens is 3. The van der Waals surface area contributed by atoms with Crippen molar-refractivity contribution in [1.82, 2.24) is 14.8 Å². The number of methoxy groups -OCH3 is 1. The van der Waals surface area contributed by atoms with Gasteiger partial charge in [0.15, 0.2) is 5.69 Å². The summed E-state index contributed by atoms with van der Waals surface area (Å²) >= 11 is 6.07. The summed E-state index contributed by atoms with van der Waals surface area (Å²) < 4.78 is 7.17. The van der Waals surface area contributed by atoms with E-state index in [2.05, 4.69) is 15.1 Å². The molecule has 2 aromatic heterocycles. The summed E-state index contributed by atoms with van der Waals surface area (Å²) in [7, 11) is 1.58. The average molecular weight is 458 g/mol. The Hall–Kier alpha value is -4.23. The number of aliphatic imine (C=N–C) groups is 1.